The third-order valence-electron chi connectivity index (χ3n) is 2.71. The zero-order chi connectivity index (χ0) is 16.8. The second-order valence-electron chi connectivity index (χ2n) is 4.44. The van der Waals surface area contributed by atoms with Crippen LogP contribution in [0.15, 0.2) is 50.4 Å². The Hall–Kier alpha value is -1.44. The predicted octanol–water partition coefficient (Wildman–Crippen LogP) is 4.57. The Kier molecular flexibility index (Phi) is 6.56. The molecule has 2 aromatic carbocycles. The molecule has 1 amide bonds. The second kappa shape index (κ2) is 8.42. The molecule has 0 heterocycles. The van der Waals surface area contributed by atoms with Gasteiger partial charge in [-0.1, -0.05) is 23.7 Å². The van der Waals surface area contributed by atoms with Crippen LogP contribution in [0.25, 0.3) is 0 Å². The summed E-state index contributed by atoms with van der Waals surface area (Å²) < 4.78 is 14.2. The lowest BCUT2D eigenvalue weighted by atomic mass is 10.2. The molecule has 0 saturated heterocycles. The minimum Gasteiger partial charge on any atom is -0.374 e. The molecule has 0 fully saturated rings. The van der Waals surface area contributed by atoms with Crippen molar-refractivity contribution in [1.29, 1.82) is 0 Å². The summed E-state index contributed by atoms with van der Waals surface area (Å²) in [4.78, 5) is 11.7. The van der Waals surface area contributed by atoms with Gasteiger partial charge >= 0.3 is 0 Å². The van der Waals surface area contributed by atoms with Gasteiger partial charge in [-0.15, -0.1) is 0 Å². The lowest BCUT2D eigenvalue weighted by molar-refractivity contribution is -0.119. The number of nitrogens with zero attached hydrogens (tertiary/aromatic N) is 1. The molecule has 120 valence electrons. The summed E-state index contributed by atoms with van der Waals surface area (Å²) in [6.45, 7) is 0.0274. The van der Waals surface area contributed by atoms with Crippen molar-refractivity contribution in [1.82, 2.24) is 5.43 Å². The van der Waals surface area contributed by atoms with Gasteiger partial charge in [0.05, 0.1) is 18.4 Å². The third-order valence-corrected chi connectivity index (χ3v) is 4.17. The monoisotopic (exact) mass is 461 g/mol. The fourth-order valence-electron chi connectivity index (χ4n) is 1.65. The van der Waals surface area contributed by atoms with Gasteiger partial charge in [0.1, 0.15) is 5.82 Å². The van der Waals surface area contributed by atoms with Gasteiger partial charge in [-0.3, -0.25) is 4.79 Å². The summed E-state index contributed by atoms with van der Waals surface area (Å²) in [6, 6.07) is 9.20. The lowest BCUT2D eigenvalue weighted by Gasteiger charge is -2.10. The first-order valence-electron chi connectivity index (χ1n) is 6.41. The Morgan fingerprint density at radius 2 is 1.83 bits per heavy atom. The molecule has 0 atom stereocenters. The van der Waals surface area contributed by atoms with E-state index in [1.54, 1.807) is 24.3 Å². The van der Waals surface area contributed by atoms with E-state index in [9.17, 15) is 9.18 Å². The van der Waals surface area contributed by atoms with Gasteiger partial charge in [0, 0.05) is 14.0 Å². The van der Waals surface area contributed by atoms with E-state index in [-0.39, 0.29) is 18.3 Å². The first-order valence-corrected chi connectivity index (χ1v) is 8.38. The highest BCUT2D eigenvalue weighted by atomic mass is 79.9. The van der Waals surface area contributed by atoms with Crippen molar-refractivity contribution in [3.63, 3.8) is 0 Å². The number of hydrazone groups is 1. The number of amides is 1. The molecule has 2 rings (SSSR count). The van der Waals surface area contributed by atoms with Crippen molar-refractivity contribution in [3.05, 3.63) is 61.7 Å². The van der Waals surface area contributed by atoms with Crippen LogP contribution in [0.4, 0.5) is 10.1 Å². The summed E-state index contributed by atoms with van der Waals surface area (Å²) in [5.41, 5.74) is 3.78. The number of benzene rings is 2. The predicted molar refractivity (Wildman–Crippen MR) is 97.5 cm³/mol. The first kappa shape index (κ1) is 17.9. The Bertz CT molecular complexity index is 715. The molecular formula is C15H11Br2ClFN3O. The summed E-state index contributed by atoms with van der Waals surface area (Å²) in [6.07, 6.45) is 1.44. The Balaban J connectivity index is 1.87. The van der Waals surface area contributed by atoms with Gasteiger partial charge in [0.25, 0.3) is 5.91 Å². The maximum absolute atomic E-state index is 12.8. The van der Waals surface area contributed by atoms with Crippen LogP contribution in [-0.2, 0) is 4.79 Å². The highest BCUT2D eigenvalue weighted by Crippen LogP contribution is 2.33. The highest BCUT2D eigenvalue weighted by molar-refractivity contribution is 9.11. The highest BCUT2D eigenvalue weighted by Gasteiger charge is 2.08. The molecule has 4 nitrogen and oxygen atoms in total. The first-order chi connectivity index (χ1) is 11.0. The molecule has 0 aliphatic carbocycles. The minimum absolute atomic E-state index is 0.0274. The Labute approximate surface area is 154 Å². The number of carbonyl (C=O) groups is 1. The van der Waals surface area contributed by atoms with Crippen molar-refractivity contribution in [2.45, 2.75) is 0 Å². The maximum Gasteiger partial charge on any atom is 0.259 e. The SMILES string of the molecule is O=C(CNc1c(Br)cc(Cl)cc1Br)N/N=C\c1ccc(F)cc1. The molecule has 8 heteroatoms. The molecule has 2 N–H and O–H groups in total. The molecule has 0 unspecified atom stereocenters. The molecule has 0 spiro atoms. The van der Waals surface area contributed by atoms with Crippen LogP contribution in [0.5, 0.6) is 0 Å². The molecule has 0 saturated carbocycles. The molecule has 23 heavy (non-hydrogen) atoms. The van der Waals surface area contributed by atoms with Gasteiger partial charge in [0.2, 0.25) is 0 Å². The van der Waals surface area contributed by atoms with Crippen LogP contribution >= 0.6 is 43.5 Å². The average Bonchev–Trinajstić information content (AvgIpc) is 2.48. The van der Waals surface area contributed by atoms with Crippen LogP contribution in [0, 0.1) is 5.82 Å². The smallest absolute Gasteiger partial charge is 0.259 e. The molecule has 0 aliphatic rings. The number of hydrogen-bond donors (Lipinski definition) is 2. The number of hydrogen-bond acceptors (Lipinski definition) is 3. The molecule has 0 aromatic heterocycles. The number of nitrogens with one attached hydrogen (secondary N) is 2. The maximum atomic E-state index is 12.8. The largest absolute Gasteiger partial charge is 0.374 e. The van der Waals surface area contributed by atoms with Crippen LogP contribution in [-0.4, -0.2) is 18.7 Å². The van der Waals surface area contributed by atoms with Crippen LogP contribution < -0.4 is 10.7 Å². The number of carbonyl (C=O) groups excluding carboxylic acids is 1. The van der Waals surface area contributed by atoms with E-state index in [2.05, 4.69) is 47.7 Å². The van der Waals surface area contributed by atoms with E-state index in [1.165, 1.54) is 18.3 Å². The normalized spacial score (nSPS) is 10.8. The standard InChI is InChI=1S/C15H11Br2ClFN3O/c16-12-5-10(18)6-13(17)15(12)20-8-14(23)22-21-7-9-1-3-11(19)4-2-9/h1-7,20H,8H2,(H,22,23)/b21-7-. The van der Waals surface area contributed by atoms with E-state index >= 15 is 0 Å². The molecule has 2 aromatic rings. The van der Waals surface area contributed by atoms with Crippen LogP contribution in [0.1, 0.15) is 5.56 Å². The van der Waals surface area contributed by atoms with Crippen molar-refractivity contribution in [2.75, 3.05) is 11.9 Å². The summed E-state index contributed by atoms with van der Waals surface area (Å²) in [5.74, 6) is -0.647. The molecule has 0 bridgehead atoms. The van der Waals surface area contributed by atoms with Gasteiger partial charge in [0.15, 0.2) is 0 Å². The summed E-state index contributed by atoms with van der Waals surface area (Å²) >= 11 is 12.6. The Morgan fingerprint density at radius 1 is 1.22 bits per heavy atom. The van der Waals surface area contributed by atoms with Gasteiger partial charge in [-0.25, -0.2) is 9.82 Å². The summed E-state index contributed by atoms with van der Waals surface area (Å²) in [7, 11) is 0. The van der Waals surface area contributed by atoms with Crippen molar-refractivity contribution in [2.24, 2.45) is 5.10 Å². The van der Waals surface area contributed by atoms with Crippen LogP contribution in [0.2, 0.25) is 5.02 Å². The van der Waals surface area contributed by atoms with Gasteiger partial charge in [-0.05, 0) is 61.7 Å². The van der Waals surface area contributed by atoms with E-state index in [4.69, 9.17) is 11.6 Å². The zero-order valence-corrected chi connectivity index (χ0v) is 15.5. The fourth-order valence-corrected chi connectivity index (χ4v) is 3.60. The van der Waals surface area contributed by atoms with E-state index in [0.29, 0.717) is 16.3 Å². The van der Waals surface area contributed by atoms with Crippen LogP contribution in [0.3, 0.4) is 0 Å². The third kappa shape index (κ3) is 5.60. The van der Waals surface area contributed by atoms with Crippen molar-refractivity contribution in [3.8, 4) is 0 Å². The molecular weight excluding hydrogens is 452 g/mol. The zero-order valence-electron chi connectivity index (χ0n) is 11.6. The number of rotatable bonds is 5. The minimum atomic E-state index is -0.325. The topological polar surface area (TPSA) is 53.5 Å². The second-order valence-corrected chi connectivity index (χ2v) is 6.59. The van der Waals surface area contributed by atoms with E-state index in [1.807, 2.05) is 0 Å². The summed E-state index contributed by atoms with van der Waals surface area (Å²) in [5, 5.41) is 7.36. The van der Waals surface area contributed by atoms with E-state index in [0.717, 1.165) is 8.95 Å². The van der Waals surface area contributed by atoms with E-state index < -0.39 is 0 Å². The lowest BCUT2D eigenvalue weighted by Crippen LogP contribution is -2.26. The molecule has 0 aliphatic heterocycles. The average molecular weight is 464 g/mol. The van der Waals surface area contributed by atoms with Crippen molar-refractivity contribution >= 4 is 61.3 Å². The van der Waals surface area contributed by atoms with Gasteiger partial charge < -0.3 is 5.32 Å². The number of anilines is 1. The molecule has 0 radical (unpaired) electrons. The van der Waals surface area contributed by atoms with Gasteiger partial charge in [-0.2, -0.15) is 5.10 Å². The Morgan fingerprint density at radius 3 is 2.43 bits per heavy atom. The fraction of sp³-hybridized carbons (Fsp3) is 0.0667. The number of halogens is 4. The van der Waals surface area contributed by atoms with Crippen molar-refractivity contribution < 1.29 is 9.18 Å². The quantitative estimate of drug-likeness (QED) is 0.504.